The van der Waals surface area contributed by atoms with Crippen molar-refractivity contribution < 1.29 is 23.7 Å². The van der Waals surface area contributed by atoms with Gasteiger partial charge in [-0.3, -0.25) is 0 Å². The number of rotatable bonds is 38. The number of ether oxygens (including phenoxy) is 4. The zero-order chi connectivity index (χ0) is 36.9. The van der Waals surface area contributed by atoms with Gasteiger partial charge in [0.05, 0.1) is 26.9 Å². The molecule has 5 nitrogen and oxygen atoms in total. The molecule has 0 radical (unpaired) electrons. The molecule has 0 bridgehead atoms. The summed E-state index contributed by atoms with van der Waals surface area (Å²) in [4.78, 5) is 11.9. The third-order valence-corrected chi connectivity index (χ3v) is 9.91. The van der Waals surface area contributed by atoms with E-state index >= 15 is 0 Å². The Balaban J connectivity index is 2.77. The Bertz CT molecular complexity index is 895. The van der Waals surface area contributed by atoms with Crippen LogP contribution in [0.15, 0.2) is 18.2 Å². The molecule has 0 N–H and O–H groups in total. The molecule has 0 spiro atoms. The van der Waals surface area contributed by atoms with Gasteiger partial charge in [-0.1, -0.05) is 194 Å². The van der Waals surface area contributed by atoms with E-state index in [-0.39, 0.29) is 5.97 Å². The van der Waals surface area contributed by atoms with Gasteiger partial charge in [-0.2, -0.15) is 0 Å². The largest absolute Gasteiger partial charge is 0.490 e. The van der Waals surface area contributed by atoms with Crippen LogP contribution in [-0.2, 0) is 9.53 Å². The summed E-state index contributed by atoms with van der Waals surface area (Å²) in [7, 11) is 1.40. The molecule has 1 aromatic carbocycles. The van der Waals surface area contributed by atoms with E-state index in [9.17, 15) is 4.79 Å². The molecule has 0 saturated heterocycles. The average molecular weight is 715 g/mol. The molecule has 0 aliphatic heterocycles. The lowest BCUT2D eigenvalue weighted by Gasteiger charge is -2.18. The maximum atomic E-state index is 11.9. The minimum Gasteiger partial charge on any atom is -0.490 e. The first-order valence-electron chi connectivity index (χ1n) is 22.0. The van der Waals surface area contributed by atoms with Crippen LogP contribution in [0.3, 0.4) is 0 Å². The van der Waals surface area contributed by atoms with Gasteiger partial charge in [0, 0.05) is 6.08 Å². The van der Waals surface area contributed by atoms with Crippen molar-refractivity contribution in [3.05, 3.63) is 23.8 Å². The second kappa shape index (κ2) is 36.2. The third-order valence-electron chi connectivity index (χ3n) is 9.91. The molecular weight excluding hydrogens is 633 g/mol. The highest BCUT2D eigenvalue weighted by atomic mass is 16.5. The van der Waals surface area contributed by atoms with Gasteiger partial charge < -0.3 is 18.9 Å². The number of carbonyl (C=O) groups excluding carboxylic acids is 1. The van der Waals surface area contributed by atoms with E-state index in [1.54, 1.807) is 6.08 Å². The minimum atomic E-state index is -0.378. The van der Waals surface area contributed by atoms with Crippen molar-refractivity contribution in [2.45, 2.75) is 213 Å². The number of carbonyl (C=O) groups is 1. The van der Waals surface area contributed by atoms with Crippen LogP contribution in [0.1, 0.15) is 219 Å². The van der Waals surface area contributed by atoms with E-state index in [0.717, 1.165) is 24.8 Å². The van der Waals surface area contributed by atoms with Gasteiger partial charge >= 0.3 is 5.97 Å². The van der Waals surface area contributed by atoms with Gasteiger partial charge in [0.15, 0.2) is 11.5 Å². The second-order valence-corrected chi connectivity index (χ2v) is 14.8. The molecule has 296 valence electrons. The van der Waals surface area contributed by atoms with Crippen LogP contribution in [-0.4, -0.2) is 32.9 Å². The first-order valence-corrected chi connectivity index (χ1v) is 22.0. The van der Waals surface area contributed by atoms with Crippen LogP contribution >= 0.6 is 0 Å². The van der Waals surface area contributed by atoms with Crippen molar-refractivity contribution in [1.82, 2.24) is 0 Å². The number of esters is 1. The smallest absolute Gasteiger partial charge is 0.330 e. The van der Waals surface area contributed by atoms with E-state index in [2.05, 4.69) is 20.8 Å². The van der Waals surface area contributed by atoms with Crippen LogP contribution in [0.4, 0.5) is 0 Å². The molecule has 0 aromatic heterocycles. The SMILES string of the molecule is CCCCCCCCCCCCOc1cc(C=CC(=O)OC)cc(OCCCCCCCCCCCC)c1OCCCCCCCCCCCC. The average Bonchev–Trinajstić information content (AvgIpc) is 3.14. The van der Waals surface area contributed by atoms with E-state index in [0.29, 0.717) is 37.1 Å². The summed E-state index contributed by atoms with van der Waals surface area (Å²) in [6.45, 7) is 8.77. The monoisotopic (exact) mass is 715 g/mol. The fourth-order valence-corrected chi connectivity index (χ4v) is 6.59. The first kappa shape index (κ1) is 46.9. The normalized spacial score (nSPS) is 11.4. The van der Waals surface area contributed by atoms with Gasteiger partial charge in [-0.15, -0.1) is 0 Å². The van der Waals surface area contributed by atoms with Gasteiger partial charge in [-0.05, 0) is 43.0 Å². The van der Waals surface area contributed by atoms with Crippen LogP contribution in [0.2, 0.25) is 0 Å². The molecule has 0 aliphatic carbocycles. The van der Waals surface area contributed by atoms with Crippen molar-refractivity contribution in [3.63, 3.8) is 0 Å². The lowest BCUT2D eigenvalue weighted by atomic mass is 10.1. The fraction of sp³-hybridized carbons (Fsp3) is 0.804. The quantitative estimate of drug-likeness (QED) is 0.0388. The molecule has 51 heavy (non-hydrogen) atoms. The molecule has 0 amide bonds. The molecule has 0 aliphatic rings. The summed E-state index contributed by atoms with van der Waals surface area (Å²) >= 11 is 0. The molecule has 0 heterocycles. The summed E-state index contributed by atoms with van der Waals surface area (Å²) in [6, 6.07) is 3.97. The Hall–Kier alpha value is -2.17. The standard InChI is InChI=1S/C46H82O5/c1-5-8-11-14-17-20-23-26-29-32-37-49-43-40-42(35-36-45(47)48-4)41-44(50-38-33-30-27-24-21-18-15-12-9-6-2)46(43)51-39-34-31-28-25-22-19-16-13-10-7-3/h35-36,40-41H,5-34,37-39H2,1-4H3. The zero-order valence-corrected chi connectivity index (χ0v) is 34.2. The molecule has 5 heteroatoms. The molecule has 0 unspecified atom stereocenters. The van der Waals surface area contributed by atoms with Gasteiger partial charge in [-0.25, -0.2) is 4.79 Å². The summed E-state index contributed by atoms with van der Waals surface area (Å²) < 4.78 is 24.2. The van der Waals surface area contributed by atoms with Crippen LogP contribution in [0.5, 0.6) is 17.2 Å². The van der Waals surface area contributed by atoms with Crippen molar-refractivity contribution in [2.75, 3.05) is 26.9 Å². The van der Waals surface area contributed by atoms with Gasteiger partial charge in [0.2, 0.25) is 5.75 Å². The molecule has 1 rings (SSSR count). The van der Waals surface area contributed by atoms with Gasteiger partial charge in [0.25, 0.3) is 0 Å². The Morgan fingerprint density at radius 3 is 1.06 bits per heavy atom. The van der Waals surface area contributed by atoms with Crippen molar-refractivity contribution in [3.8, 4) is 17.2 Å². The number of hydrogen-bond acceptors (Lipinski definition) is 5. The maximum absolute atomic E-state index is 11.9. The maximum Gasteiger partial charge on any atom is 0.330 e. The molecule has 0 fully saturated rings. The molecule has 0 saturated carbocycles. The predicted molar refractivity (Wildman–Crippen MR) is 220 cm³/mol. The van der Waals surface area contributed by atoms with Crippen molar-refractivity contribution >= 4 is 12.0 Å². The number of unbranched alkanes of at least 4 members (excludes halogenated alkanes) is 27. The van der Waals surface area contributed by atoms with Crippen LogP contribution in [0.25, 0.3) is 6.08 Å². The highest BCUT2D eigenvalue weighted by Crippen LogP contribution is 2.40. The molecular formula is C46H82O5. The van der Waals surface area contributed by atoms with E-state index < -0.39 is 0 Å². The Labute approximate surface area is 316 Å². The van der Waals surface area contributed by atoms with E-state index in [1.165, 1.54) is 187 Å². The second-order valence-electron chi connectivity index (χ2n) is 14.8. The highest BCUT2D eigenvalue weighted by molar-refractivity contribution is 5.87. The number of hydrogen-bond donors (Lipinski definition) is 0. The molecule has 0 atom stereocenters. The fourth-order valence-electron chi connectivity index (χ4n) is 6.59. The topological polar surface area (TPSA) is 54.0 Å². The predicted octanol–water partition coefficient (Wildman–Crippen LogP) is 14.8. The minimum absolute atomic E-state index is 0.378. The number of benzene rings is 1. The lowest BCUT2D eigenvalue weighted by molar-refractivity contribution is -0.134. The third kappa shape index (κ3) is 28.1. The summed E-state index contributed by atoms with van der Waals surface area (Å²) in [5.41, 5.74) is 0.850. The van der Waals surface area contributed by atoms with Crippen molar-refractivity contribution in [2.24, 2.45) is 0 Å². The lowest BCUT2D eigenvalue weighted by Crippen LogP contribution is -2.07. The van der Waals surface area contributed by atoms with Crippen LogP contribution in [0, 0.1) is 0 Å². The zero-order valence-electron chi connectivity index (χ0n) is 34.2. The van der Waals surface area contributed by atoms with Gasteiger partial charge in [0.1, 0.15) is 0 Å². The van der Waals surface area contributed by atoms with Crippen LogP contribution < -0.4 is 14.2 Å². The number of methoxy groups -OCH3 is 1. The summed E-state index contributed by atoms with van der Waals surface area (Å²) in [6.07, 6.45) is 42.0. The highest BCUT2D eigenvalue weighted by Gasteiger charge is 2.16. The first-order chi connectivity index (χ1) is 25.2. The molecule has 1 aromatic rings. The Kier molecular flexibility index (Phi) is 33.3. The Morgan fingerprint density at radius 2 is 0.745 bits per heavy atom. The van der Waals surface area contributed by atoms with E-state index in [1.807, 2.05) is 12.1 Å². The van der Waals surface area contributed by atoms with Crippen molar-refractivity contribution in [1.29, 1.82) is 0 Å². The summed E-state index contributed by atoms with van der Waals surface area (Å²) in [5, 5.41) is 0. The summed E-state index contributed by atoms with van der Waals surface area (Å²) in [5.74, 6) is 1.75. The van der Waals surface area contributed by atoms with E-state index in [4.69, 9.17) is 18.9 Å². The Morgan fingerprint density at radius 1 is 0.451 bits per heavy atom.